The maximum Gasteiger partial charge on any atom is 0.309 e. The van der Waals surface area contributed by atoms with E-state index in [0.717, 1.165) is 28.1 Å². The number of hydrogen-bond acceptors (Lipinski definition) is 4. The number of carbonyl (C=O) groups is 1. The smallest absolute Gasteiger partial charge is 0.309 e. The van der Waals surface area contributed by atoms with E-state index in [-0.39, 0.29) is 24.1 Å². The first-order chi connectivity index (χ1) is 13.7. The number of rotatable bonds is 5. The Balaban J connectivity index is 2.10. The molecule has 0 aliphatic carbocycles. The van der Waals surface area contributed by atoms with Gasteiger partial charge in [-0.05, 0) is 53.8 Å². The minimum absolute atomic E-state index is 0.0348. The fourth-order valence-electron chi connectivity index (χ4n) is 3.50. The molecular formula is C24H28FNO3. The molecule has 154 valence electrons. The van der Waals surface area contributed by atoms with Crippen LogP contribution in [0.25, 0.3) is 17.3 Å². The number of carbonyl (C=O) groups excluding carboxylic acids is 1. The quantitative estimate of drug-likeness (QED) is 0.703. The van der Waals surface area contributed by atoms with Gasteiger partial charge in [0.25, 0.3) is 0 Å². The first kappa shape index (κ1) is 21.2. The van der Waals surface area contributed by atoms with Gasteiger partial charge < -0.3 is 9.84 Å². The van der Waals surface area contributed by atoms with Crippen LogP contribution in [0.3, 0.4) is 0 Å². The van der Waals surface area contributed by atoms with Crippen molar-refractivity contribution in [1.82, 2.24) is 4.98 Å². The molecule has 0 spiro atoms. The van der Waals surface area contributed by atoms with Crippen molar-refractivity contribution in [2.75, 3.05) is 0 Å². The average molecular weight is 397 g/mol. The molecule has 0 bridgehead atoms. The van der Waals surface area contributed by atoms with Gasteiger partial charge in [0.1, 0.15) is 11.9 Å². The number of hydrogen-bond donors (Lipinski definition) is 1. The fraction of sp³-hybridized carbons (Fsp3) is 0.417. The number of nitrogens with zero attached hydrogens (tertiary/aromatic N) is 1. The average Bonchev–Trinajstić information content (AvgIpc) is 2.65. The van der Waals surface area contributed by atoms with E-state index in [1.165, 1.54) is 12.1 Å². The highest BCUT2D eigenvalue weighted by Gasteiger charge is 2.25. The lowest BCUT2D eigenvalue weighted by molar-refractivity contribution is -0.156. The van der Waals surface area contributed by atoms with Crippen LogP contribution in [0.5, 0.6) is 0 Å². The van der Waals surface area contributed by atoms with Crippen LogP contribution in [0, 0.1) is 5.82 Å². The Labute approximate surface area is 171 Å². The van der Waals surface area contributed by atoms with Crippen LogP contribution < -0.4 is 0 Å². The van der Waals surface area contributed by atoms with Crippen LogP contribution in [-0.2, 0) is 9.53 Å². The molecule has 1 aliphatic heterocycles. The number of cyclic esters (lactones) is 1. The van der Waals surface area contributed by atoms with Gasteiger partial charge in [0.05, 0.1) is 18.2 Å². The number of pyridine rings is 1. The summed E-state index contributed by atoms with van der Waals surface area (Å²) < 4.78 is 18.8. The fourth-order valence-corrected chi connectivity index (χ4v) is 3.50. The number of aliphatic hydroxyl groups is 1. The van der Waals surface area contributed by atoms with Gasteiger partial charge >= 0.3 is 5.97 Å². The van der Waals surface area contributed by atoms with E-state index in [1.807, 2.05) is 12.2 Å². The number of aliphatic hydroxyl groups excluding tert-OH is 1. The Morgan fingerprint density at radius 1 is 1.17 bits per heavy atom. The van der Waals surface area contributed by atoms with Crippen molar-refractivity contribution in [3.8, 4) is 11.3 Å². The summed E-state index contributed by atoms with van der Waals surface area (Å²) >= 11 is 0. The SMILES string of the molecule is CC(C)c1cc(C(C)C)c(C=C[C@@H]2C[C@@H](O)CC(=O)O2)c(-c2ccc(F)cc2)n1. The van der Waals surface area contributed by atoms with Crippen molar-refractivity contribution < 1.29 is 19.0 Å². The highest BCUT2D eigenvalue weighted by atomic mass is 19.1. The second-order valence-corrected chi connectivity index (χ2v) is 8.20. The van der Waals surface area contributed by atoms with Crippen molar-refractivity contribution in [2.45, 2.75) is 64.6 Å². The van der Waals surface area contributed by atoms with Crippen LogP contribution in [0.4, 0.5) is 4.39 Å². The predicted molar refractivity (Wildman–Crippen MR) is 112 cm³/mol. The summed E-state index contributed by atoms with van der Waals surface area (Å²) in [5.41, 5.74) is 4.63. The van der Waals surface area contributed by atoms with Crippen LogP contribution in [0.2, 0.25) is 0 Å². The van der Waals surface area contributed by atoms with Gasteiger partial charge in [0.15, 0.2) is 0 Å². The summed E-state index contributed by atoms with van der Waals surface area (Å²) in [5, 5.41) is 9.86. The Morgan fingerprint density at radius 3 is 2.45 bits per heavy atom. The van der Waals surface area contributed by atoms with Crippen LogP contribution >= 0.6 is 0 Å². The number of halogens is 1. The first-order valence-corrected chi connectivity index (χ1v) is 10.1. The zero-order valence-corrected chi connectivity index (χ0v) is 17.4. The molecule has 3 rings (SSSR count). The molecule has 0 amide bonds. The van der Waals surface area contributed by atoms with Crippen LogP contribution in [0.1, 0.15) is 69.2 Å². The molecular weight excluding hydrogens is 369 g/mol. The molecule has 2 atom stereocenters. The van der Waals surface area contributed by atoms with Gasteiger partial charge in [0, 0.05) is 23.2 Å². The zero-order chi connectivity index (χ0) is 21.1. The van der Waals surface area contributed by atoms with E-state index in [1.54, 1.807) is 12.1 Å². The summed E-state index contributed by atoms with van der Waals surface area (Å²) in [6.07, 6.45) is 2.98. The molecule has 29 heavy (non-hydrogen) atoms. The largest absolute Gasteiger partial charge is 0.458 e. The molecule has 1 N–H and O–H groups in total. The van der Waals surface area contributed by atoms with Gasteiger partial charge in [-0.2, -0.15) is 0 Å². The minimum atomic E-state index is -0.687. The lowest BCUT2D eigenvalue weighted by atomic mass is 9.90. The van der Waals surface area contributed by atoms with Crippen molar-refractivity contribution in [3.05, 3.63) is 59.0 Å². The molecule has 0 radical (unpaired) electrons. The highest BCUT2D eigenvalue weighted by molar-refractivity contribution is 5.75. The third kappa shape index (κ3) is 5.10. The number of aromatic nitrogens is 1. The van der Waals surface area contributed by atoms with Gasteiger partial charge in [-0.15, -0.1) is 0 Å². The topological polar surface area (TPSA) is 59.4 Å². The Hall–Kier alpha value is -2.53. The third-order valence-corrected chi connectivity index (χ3v) is 5.11. The first-order valence-electron chi connectivity index (χ1n) is 10.1. The second-order valence-electron chi connectivity index (χ2n) is 8.20. The molecule has 1 aliphatic rings. The van der Waals surface area contributed by atoms with Gasteiger partial charge in [-0.3, -0.25) is 9.78 Å². The van der Waals surface area contributed by atoms with E-state index in [9.17, 15) is 14.3 Å². The molecule has 2 aromatic rings. The van der Waals surface area contributed by atoms with E-state index in [2.05, 4.69) is 33.8 Å². The number of benzene rings is 1. The molecule has 1 saturated heterocycles. The van der Waals surface area contributed by atoms with E-state index >= 15 is 0 Å². The van der Waals surface area contributed by atoms with E-state index < -0.39 is 18.2 Å². The normalized spacial score (nSPS) is 19.9. The lowest BCUT2D eigenvalue weighted by Crippen LogP contribution is -2.31. The van der Waals surface area contributed by atoms with Crippen molar-refractivity contribution in [1.29, 1.82) is 0 Å². The van der Waals surface area contributed by atoms with Gasteiger partial charge in [-0.1, -0.05) is 33.8 Å². The molecule has 1 fully saturated rings. The standard InChI is InChI=1S/C24H28FNO3/c1-14(2)21-13-22(15(3)4)26-24(16-5-7-17(25)8-6-16)20(21)10-9-19-11-18(27)12-23(28)29-19/h5-10,13-15,18-19,27H,11-12H2,1-4H3/t18-,19-/m1/s1. The Morgan fingerprint density at radius 2 is 1.86 bits per heavy atom. The summed E-state index contributed by atoms with van der Waals surface area (Å²) in [6, 6.07) is 8.44. The molecule has 2 heterocycles. The van der Waals surface area contributed by atoms with Crippen molar-refractivity contribution >= 4 is 12.0 Å². The molecule has 1 aromatic heterocycles. The van der Waals surface area contributed by atoms with Crippen molar-refractivity contribution in [3.63, 3.8) is 0 Å². The van der Waals surface area contributed by atoms with E-state index in [0.29, 0.717) is 6.42 Å². The summed E-state index contributed by atoms with van der Waals surface area (Å²) in [7, 11) is 0. The minimum Gasteiger partial charge on any atom is -0.458 e. The third-order valence-electron chi connectivity index (χ3n) is 5.11. The molecule has 5 heteroatoms. The molecule has 4 nitrogen and oxygen atoms in total. The maximum absolute atomic E-state index is 13.5. The lowest BCUT2D eigenvalue weighted by Gasteiger charge is -2.24. The van der Waals surface area contributed by atoms with E-state index in [4.69, 9.17) is 9.72 Å². The Kier molecular flexibility index (Phi) is 6.48. The summed E-state index contributed by atoms with van der Waals surface area (Å²) in [4.78, 5) is 16.5. The van der Waals surface area contributed by atoms with Crippen LogP contribution in [0.15, 0.2) is 36.4 Å². The van der Waals surface area contributed by atoms with Crippen LogP contribution in [-0.4, -0.2) is 28.3 Å². The summed E-state index contributed by atoms with van der Waals surface area (Å²) in [5.74, 6) is -0.194. The summed E-state index contributed by atoms with van der Waals surface area (Å²) in [6.45, 7) is 8.43. The van der Waals surface area contributed by atoms with Gasteiger partial charge in [0.2, 0.25) is 0 Å². The molecule has 1 aromatic carbocycles. The monoisotopic (exact) mass is 397 g/mol. The molecule has 0 unspecified atom stereocenters. The Bertz CT molecular complexity index is 903. The maximum atomic E-state index is 13.5. The second kappa shape index (κ2) is 8.87. The highest BCUT2D eigenvalue weighted by Crippen LogP contribution is 2.33. The number of esters is 1. The predicted octanol–water partition coefficient (Wildman–Crippen LogP) is 5.21. The zero-order valence-electron chi connectivity index (χ0n) is 17.4. The van der Waals surface area contributed by atoms with Gasteiger partial charge in [-0.25, -0.2) is 4.39 Å². The number of ether oxygens (including phenoxy) is 1. The molecule has 0 saturated carbocycles. The van der Waals surface area contributed by atoms with Crippen molar-refractivity contribution in [2.24, 2.45) is 0 Å².